The zero-order valence-electron chi connectivity index (χ0n) is 15.5. The highest BCUT2D eigenvalue weighted by Gasteiger charge is 2.16. The lowest BCUT2D eigenvalue weighted by molar-refractivity contribution is 0.248. The Morgan fingerprint density at radius 2 is 1.75 bits per heavy atom. The van der Waals surface area contributed by atoms with Crippen LogP contribution in [0.25, 0.3) is 11.4 Å². The van der Waals surface area contributed by atoms with Gasteiger partial charge in [0.25, 0.3) is 0 Å². The Morgan fingerprint density at radius 3 is 2.36 bits per heavy atom. The maximum atomic E-state index is 9.64. The van der Waals surface area contributed by atoms with E-state index < -0.39 is 0 Å². The summed E-state index contributed by atoms with van der Waals surface area (Å²) in [7, 11) is 0. The highest BCUT2D eigenvalue weighted by atomic mass is 35.5. The van der Waals surface area contributed by atoms with Crippen molar-refractivity contribution in [2.75, 3.05) is 17.2 Å². The number of aliphatic hydroxyl groups is 1. The van der Waals surface area contributed by atoms with E-state index in [4.69, 9.17) is 23.2 Å². The first-order valence-corrected chi connectivity index (χ1v) is 9.62. The maximum absolute atomic E-state index is 9.64. The van der Waals surface area contributed by atoms with Gasteiger partial charge in [0.05, 0.1) is 39.8 Å². The summed E-state index contributed by atoms with van der Waals surface area (Å²) in [5, 5.41) is 17.0. The molecule has 0 saturated heterocycles. The van der Waals surface area contributed by atoms with Gasteiger partial charge in [-0.1, -0.05) is 49.2 Å². The van der Waals surface area contributed by atoms with E-state index in [9.17, 15) is 5.11 Å². The second-order valence-corrected chi connectivity index (χ2v) is 7.39. The highest BCUT2D eigenvalue weighted by Crippen LogP contribution is 2.33. The number of hydrogen-bond acceptors (Lipinski definition) is 6. The van der Waals surface area contributed by atoms with Crippen LogP contribution in [-0.4, -0.2) is 32.7 Å². The minimum Gasteiger partial charge on any atom is -0.394 e. The first kappa shape index (κ1) is 20.3. The van der Waals surface area contributed by atoms with Gasteiger partial charge in [-0.15, -0.1) is 0 Å². The molecule has 3 N–H and O–H groups in total. The van der Waals surface area contributed by atoms with Gasteiger partial charge in [-0.2, -0.15) is 4.98 Å². The summed E-state index contributed by atoms with van der Waals surface area (Å²) < 4.78 is 0. The normalized spacial score (nSPS) is 12.1. The number of pyridine rings is 1. The van der Waals surface area contributed by atoms with E-state index in [2.05, 4.69) is 25.6 Å². The molecule has 0 fully saturated rings. The third-order valence-electron chi connectivity index (χ3n) is 4.19. The average Bonchev–Trinajstić information content (AvgIpc) is 2.69. The Morgan fingerprint density at radius 1 is 1.00 bits per heavy atom. The summed E-state index contributed by atoms with van der Waals surface area (Å²) in [4.78, 5) is 13.4. The maximum Gasteiger partial charge on any atom is 0.225 e. The molecule has 0 saturated carbocycles. The number of nitrogens with zero attached hydrogens (tertiary/aromatic N) is 3. The van der Waals surface area contributed by atoms with Gasteiger partial charge in [-0.3, -0.25) is 4.98 Å². The molecule has 1 aromatic carbocycles. The lowest BCUT2D eigenvalue weighted by atomic mass is 10.1. The quantitative estimate of drug-likeness (QED) is 0.500. The van der Waals surface area contributed by atoms with Gasteiger partial charge in [0.2, 0.25) is 5.95 Å². The van der Waals surface area contributed by atoms with Crippen LogP contribution in [0, 0.1) is 5.92 Å². The number of hydrogen-bond donors (Lipinski definition) is 3. The minimum atomic E-state index is -0.185. The van der Waals surface area contributed by atoms with Gasteiger partial charge in [0.1, 0.15) is 5.82 Å². The zero-order valence-corrected chi connectivity index (χ0v) is 17.0. The number of aliphatic hydroxyl groups excluding tert-OH is 1. The van der Waals surface area contributed by atoms with Crippen LogP contribution in [0.4, 0.5) is 17.5 Å². The summed E-state index contributed by atoms with van der Waals surface area (Å²) in [5.41, 5.74) is 1.89. The van der Waals surface area contributed by atoms with Gasteiger partial charge in [-0.25, -0.2) is 4.98 Å². The molecule has 1 atom stereocenters. The highest BCUT2D eigenvalue weighted by molar-refractivity contribution is 6.39. The van der Waals surface area contributed by atoms with Crippen LogP contribution in [0.15, 0.2) is 48.7 Å². The third-order valence-corrected chi connectivity index (χ3v) is 4.82. The van der Waals surface area contributed by atoms with Crippen LogP contribution in [0.2, 0.25) is 10.0 Å². The molecule has 146 valence electrons. The van der Waals surface area contributed by atoms with E-state index in [1.165, 1.54) is 0 Å². The Kier molecular flexibility index (Phi) is 6.67. The van der Waals surface area contributed by atoms with Crippen LogP contribution in [0.1, 0.15) is 13.8 Å². The van der Waals surface area contributed by atoms with Crippen molar-refractivity contribution in [3.63, 3.8) is 0 Å². The predicted octanol–water partition coefficient (Wildman–Crippen LogP) is 5.02. The van der Waals surface area contributed by atoms with Crippen LogP contribution >= 0.6 is 23.2 Å². The summed E-state index contributed by atoms with van der Waals surface area (Å²) in [6.07, 6.45) is 1.70. The van der Waals surface area contributed by atoms with E-state index in [1.807, 2.05) is 32.0 Å². The molecular formula is C20H21Cl2N5O. The van der Waals surface area contributed by atoms with Crippen molar-refractivity contribution in [3.8, 4) is 11.4 Å². The molecule has 0 aliphatic rings. The molecule has 0 amide bonds. The number of para-hydroxylation sites is 1. The molecule has 0 unspecified atom stereocenters. The number of nitrogens with one attached hydrogen (secondary N) is 2. The summed E-state index contributed by atoms with van der Waals surface area (Å²) in [5.74, 6) is 1.08. The average molecular weight is 418 g/mol. The van der Waals surface area contributed by atoms with E-state index in [0.29, 0.717) is 38.9 Å². The molecule has 0 spiro atoms. The molecule has 0 bridgehead atoms. The first-order valence-electron chi connectivity index (χ1n) is 8.87. The van der Waals surface area contributed by atoms with Crippen LogP contribution in [-0.2, 0) is 0 Å². The monoisotopic (exact) mass is 417 g/mol. The number of aromatic nitrogens is 3. The largest absolute Gasteiger partial charge is 0.394 e. The molecule has 8 heteroatoms. The Hall–Kier alpha value is -2.41. The number of anilines is 3. The van der Waals surface area contributed by atoms with Crippen LogP contribution in [0.5, 0.6) is 0 Å². The van der Waals surface area contributed by atoms with E-state index >= 15 is 0 Å². The van der Waals surface area contributed by atoms with Crippen molar-refractivity contribution in [2.24, 2.45) is 5.92 Å². The molecule has 0 aliphatic carbocycles. The van der Waals surface area contributed by atoms with Crippen molar-refractivity contribution in [1.29, 1.82) is 0 Å². The Labute approximate surface area is 174 Å². The van der Waals surface area contributed by atoms with Gasteiger partial charge in [0.15, 0.2) is 0 Å². The molecule has 0 radical (unpaired) electrons. The second kappa shape index (κ2) is 9.19. The first-order chi connectivity index (χ1) is 13.5. The van der Waals surface area contributed by atoms with Crippen molar-refractivity contribution >= 4 is 40.7 Å². The van der Waals surface area contributed by atoms with E-state index in [0.717, 1.165) is 0 Å². The molecule has 3 rings (SSSR count). The lowest BCUT2D eigenvalue weighted by Crippen LogP contribution is -2.30. The van der Waals surface area contributed by atoms with Crippen molar-refractivity contribution in [2.45, 2.75) is 19.9 Å². The van der Waals surface area contributed by atoms with Crippen molar-refractivity contribution in [1.82, 2.24) is 15.0 Å². The van der Waals surface area contributed by atoms with Gasteiger partial charge in [-0.05, 0) is 30.2 Å². The molecule has 3 aromatic rings. The smallest absolute Gasteiger partial charge is 0.225 e. The van der Waals surface area contributed by atoms with Crippen LogP contribution in [0.3, 0.4) is 0 Å². The summed E-state index contributed by atoms with van der Waals surface area (Å²) >= 11 is 12.5. The fourth-order valence-electron chi connectivity index (χ4n) is 2.56. The molecule has 0 aliphatic heterocycles. The van der Waals surface area contributed by atoms with Crippen molar-refractivity contribution in [3.05, 3.63) is 58.7 Å². The number of halogens is 2. The van der Waals surface area contributed by atoms with Crippen LogP contribution < -0.4 is 10.6 Å². The second-order valence-electron chi connectivity index (χ2n) is 6.58. The molecule has 2 aromatic heterocycles. The molecule has 2 heterocycles. The lowest BCUT2D eigenvalue weighted by Gasteiger charge is -2.21. The topological polar surface area (TPSA) is 83.0 Å². The van der Waals surface area contributed by atoms with E-state index in [1.54, 1.807) is 30.5 Å². The van der Waals surface area contributed by atoms with Crippen molar-refractivity contribution < 1.29 is 5.11 Å². The predicted molar refractivity (Wildman–Crippen MR) is 114 cm³/mol. The summed E-state index contributed by atoms with van der Waals surface area (Å²) in [6, 6.07) is 12.5. The third kappa shape index (κ3) is 4.90. The fraction of sp³-hybridized carbons (Fsp3) is 0.250. The van der Waals surface area contributed by atoms with Gasteiger partial charge >= 0.3 is 0 Å². The SMILES string of the molecule is CC(C)[C@@H](CO)Nc1nc(Nc2c(Cl)cccc2Cl)cc(-c2ccccn2)n1. The molecule has 28 heavy (non-hydrogen) atoms. The molecular weight excluding hydrogens is 397 g/mol. The number of rotatable bonds is 7. The molecule has 6 nitrogen and oxygen atoms in total. The minimum absolute atomic E-state index is 0.0338. The standard InChI is InChI=1S/C20H21Cl2N5O/c1-12(2)17(11-28)25-20-24-16(15-8-3-4-9-23-15)10-18(27-20)26-19-13(21)6-5-7-14(19)22/h3-10,12,17,28H,11H2,1-2H3,(H2,24,25,26,27)/t17-/m1/s1. The fourth-order valence-corrected chi connectivity index (χ4v) is 3.05. The Bertz CT molecular complexity index is 917. The zero-order chi connectivity index (χ0) is 20.1. The summed E-state index contributed by atoms with van der Waals surface area (Å²) in [6.45, 7) is 3.99. The number of benzene rings is 1. The van der Waals surface area contributed by atoms with Gasteiger partial charge in [0, 0.05) is 12.3 Å². The van der Waals surface area contributed by atoms with E-state index in [-0.39, 0.29) is 18.6 Å². The van der Waals surface area contributed by atoms with Gasteiger partial charge < -0.3 is 15.7 Å². The Balaban J connectivity index is 2.02.